The van der Waals surface area contributed by atoms with E-state index < -0.39 is 8.74 Å². The Hall–Kier alpha value is -0.433. The Morgan fingerprint density at radius 2 is 2.09 bits per heavy atom. The number of nitrogens with zero attached hydrogens (tertiary/aromatic N) is 1. The molecular weight excluding hydrogens is 164 g/mol. The van der Waals surface area contributed by atoms with Crippen molar-refractivity contribution in [2.75, 3.05) is 0 Å². The summed E-state index contributed by atoms with van der Waals surface area (Å²) in [6.45, 7) is 2.88. The van der Waals surface area contributed by atoms with Crippen LogP contribution in [-0.4, -0.2) is 8.74 Å². The average molecular weight is 177 g/mol. The van der Waals surface area contributed by atoms with Gasteiger partial charge in [-0.15, -0.1) is 0 Å². The fourth-order valence-electron chi connectivity index (χ4n) is 0.758. The third-order valence-electron chi connectivity index (χ3n) is 1.52. The molecule has 4 heteroatoms. The highest BCUT2D eigenvalue weighted by atomic mass is 28.4. The third-order valence-corrected chi connectivity index (χ3v) is 2.68. The Morgan fingerprint density at radius 3 is 2.45 bits per heavy atom. The van der Waals surface area contributed by atoms with Gasteiger partial charge in [-0.25, -0.2) is 0 Å². The van der Waals surface area contributed by atoms with Gasteiger partial charge in [0.1, 0.15) is 0 Å². The highest BCUT2D eigenvalue weighted by molar-refractivity contribution is 6.64. The Kier molecular flexibility index (Phi) is 4.27. The Balaban J connectivity index is 3.48. The summed E-state index contributed by atoms with van der Waals surface area (Å²) >= 11 is 0. The van der Waals surface area contributed by atoms with Gasteiger partial charge < -0.3 is 0 Å². The van der Waals surface area contributed by atoms with Crippen LogP contribution in [0.5, 0.6) is 0 Å². The first-order valence-electron chi connectivity index (χ1n) is 3.70. The van der Waals surface area contributed by atoms with E-state index in [0.717, 1.165) is 6.55 Å². The van der Waals surface area contributed by atoms with Gasteiger partial charge in [0.2, 0.25) is 0 Å². The van der Waals surface area contributed by atoms with Crippen LogP contribution in [0.2, 0.25) is 12.6 Å². The maximum Gasteiger partial charge on any atom is 0.422 e. The van der Waals surface area contributed by atoms with Crippen LogP contribution in [0.15, 0.2) is 0 Å². The molecule has 0 radical (unpaired) electrons. The van der Waals surface area contributed by atoms with Gasteiger partial charge in [-0.3, -0.25) is 8.22 Å². The number of halogens is 2. The third kappa shape index (κ3) is 7.46. The molecule has 11 heavy (non-hydrogen) atoms. The molecule has 0 bridgehead atoms. The van der Waals surface area contributed by atoms with Gasteiger partial charge in [0.25, 0.3) is 0 Å². The minimum absolute atomic E-state index is 0.0237. The minimum Gasteiger partial charge on any atom is -0.271 e. The van der Waals surface area contributed by atoms with Crippen LogP contribution < -0.4 is 0 Å². The first kappa shape index (κ1) is 10.6. The number of hydrogen-bond donors (Lipinski definition) is 0. The molecule has 0 saturated carbocycles. The fraction of sp³-hybridized carbons (Fsp3) is 0.857. The largest absolute Gasteiger partial charge is 0.422 e. The van der Waals surface area contributed by atoms with Gasteiger partial charge in [-0.1, -0.05) is 6.92 Å². The van der Waals surface area contributed by atoms with Crippen molar-refractivity contribution in [1.82, 2.24) is 0 Å². The highest BCUT2D eigenvalue weighted by Crippen LogP contribution is 2.20. The first-order chi connectivity index (χ1) is 4.95. The normalized spacial score (nSPS) is 14.1. The van der Waals surface area contributed by atoms with Crippen LogP contribution in [0, 0.1) is 17.2 Å². The predicted molar refractivity (Wildman–Crippen MR) is 42.7 cm³/mol. The summed E-state index contributed by atoms with van der Waals surface area (Å²) < 4.78 is 24.8. The smallest absolute Gasteiger partial charge is 0.271 e. The molecule has 0 aromatic carbocycles. The van der Waals surface area contributed by atoms with Crippen LogP contribution in [0.25, 0.3) is 0 Å². The molecule has 0 spiro atoms. The molecular formula is C7H13F2NSi. The second-order valence-electron chi connectivity index (χ2n) is 3.08. The predicted octanol–water partition coefficient (Wildman–Crippen LogP) is 2.94. The lowest BCUT2D eigenvalue weighted by Gasteiger charge is -2.09. The van der Waals surface area contributed by atoms with E-state index in [4.69, 9.17) is 5.26 Å². The molecule has 1 nitrogen and oxygen atoms in total. The SMILES string of the molecule is CC(CC#N)CC[Si](C)(F)F. The standard InChI is InChI=1S/C7H13F2NSi/c1-7(3-5-10)4-6-11(2,8)9/h7H,3-4,6H2,1-2H3. The van der Waals surface area contributed by atoms with Gasteiger partial charge in [-0.05, 0) is 24.9 Å². The van der Waals surface area contributed by atoms with Crippen molar-refractivity contribution in [3.63, 3.8) is 0 Å². The van der Waals surface area contributed by atoms with Crippen LogP contribution in [0.3, 0.4) is 0 Å². The van der Waals surface area contributed by atoms with Crippen LogP contribution >= 0.6 is 0 Å². The Morgan fingerprint density at radius 1 is 1.55 bits per heavy atom. The molecule has 0 aromatic rings. The van der Waals surface area contributed by atoms with Gasteiger partial charge in [0.05, 0.1) is 6.07 Å². The van der Waals surface area contributed by atoms with Crippen molar-refractivity contribution < 1.29 is 8.22 Å². The molecule has 0 N–H and O–H groups in total. The summed E-state index contributed by atoms with van der Waals surface area (Å²) in [6, 6.07) is 2.00. The summed E-state index contributed by atoms with van der Waals surface area (Å²) in [5.41, 5.74) is 0. The molecule has 0 aliphatic rings. The van der Waals surface area contributed by atoms with Gasteiger partial charge >= 0.3 is 8.74 Å². The molecule has 0 fully saturated rings. The van der Waals surface area contributed by atoms with E-state index in [1.807, 2.05) is 13.0 Å². The highest BCUT2D eigenvalue weighted by Gasteiger charge is 2.27. The van der Waals surface area contributed by atoms with E-state index in [0.29, 0.717) is 12.8 Å². The van der Waals surface area contributed by atoms with Crippen LogP contribution in [0.1, 0.15) is 19.8 Å². The van der Waals surface area contributed by atoms with E-state index in [1.165, 1.54) is 0 Å². The molecule has 0 amide bonds. The fourth-order valence-corrected chi connectivity index (χ4v) is 1.76. The monoisotopic (exact) mass is 177 g/mol. The second-order valence-corrected chi connectivity index (χ2v) is 5.72. The Labute approximate surface area is 67.4 Å². The Bertz CT molecular complexity index is 148. The topological polar surface area (TPSA) is 23.8 Å². The van der Waals surface area contributed by atoms with Gasteiger partial charge in [-0.2, -0.15) is 5.26 Å². The maximum atomic E-state index is 12.4. The quantitative estimate of drug-likeness (QED) is 0.478. The number of hydrogen-bond acceptors (Lipinski definition) is 1. The van der Waals surface area contributed by atoms with Crippen molar-refractivity contribution in [1.29, 1.82) is 5.26 Å². The molecule has 0 saturated heterocycles. The molecule has 1 atom stereocenters. The summed E-state index contributed by atoms with van der Waals surface area (Å²) in [5, 5.41) is 8.24. The van der Waals surface area contributed by atoms with E-state index in [1.54, 1.807) is 0 Å². The summed E-state index contributed by atoms with van der Waals surface area (Å²) in [6.07, 6.45) is 0.883. The van der Waals surface area contributed by atoms with Crippen LogP contribution in [-0.2, 0) is 0 Å². The van der Waals surface area contributed by atoms with Crippen molar-refractivity contribution >= 4 is 8.74 Å². The van der Waals surface area contributed by atoms with Gasteiger partial charge in [0, 0.05) is 6.42 Å². The van der Waals surface area contributed by atoms with Gasteiger partial charge in [0.15, 0.2) is 0 Å². The van der Waals surface area contributed by atoms with Crippen molar-refractivity contribution in [3.05, 3.63) is 0 Å². The zero-order valence-corrected chi connectivity index (χ0v) is 7.90. The average Bonchev–Trinajstić information content (AvgIpc) is 1.83. The molecule has 1 unspecified atom stereocenters. The molecule has 0 aliphatic heterocycles. The summed E-state index contributed by atoms with van der Waals surface area (Å²) in [5.74, 6) is 0.123. The molecule has 0 heterocycles. The van der Waals surface area contributed by atoms with E-state index in [9.17, 15) is 8.22 Å². The van der Waals surface area contributed by atoms with E-state index in [-0.39, 0.29) is 12.0 Å². The summed E-state index contributed by atoms with van der Waals surface area (Å²) in [7, 11) is -3.86. The van der Waals surface area contributed by atoms with Crippen molar-refractivity contribution in [2.45, 2.75) is 32.4 Å². The van der Waals surface area contributed by atoms with Crippen molar-refractivity contribution in [2.24, 2.45) is 5.92 Å². The maximum absolute atomic E-state index is 12.4. The number of nitriles is 1. The zero-order valence-electron chi connectivity index (χ0n) is 6.90. The minimum atomic E-state index is -3.86. The lowest BCUT2D eigenvalue weighted by molar-refractivity contribution is 0.529. The molecule has 0 aliphatic carbocycles. The molecule has 64 valence electrons. The molecule has 0 aromatic heterocycles. The zero-order chi connectivity index (χ0) is 8.91. The summed E-state index contributed by atoms with van der Waals surface area (Å²) in [4.78, 5) is 0. The second kappa shape index (κ2) is 4.45. The lowest BCUT2D eigenvalue weighted by Crippen LogP contribution is -2.16. The first-order valence-corrected chi connectivity index (χ1v) is 6.17. The van der Waals surface area contributed by atoms with Crippen molar-refractivity contribution in [3.8, 4) is 6.07 Å². The van der Waals surface area contributed by atoms with E-state index in [2.05, 4.69) is 0 Å². The van der Waals surface area contributed by atoms with Crippen LogP contribution in [0.4, 0.5) is 8.22 Å². The lowest BCUT2D eigenvalue weighted by atomic mass is 10.1. The number of rotatable bonds is 4. The molecule has 0 rings (SSSR count). The van der Waals surface area contributed by atoms with E-state index >= 15 is 0 Å².